The summed E-state index contributed by atoms with van der Waals surface area (Å²) in [7, 11) is 0. The van der Waals surface area contributed by atoms with Gasteiger partial charge in [-0.1, -0.05) is 60.7 Å². The molecule has 1 heterocycles. The van der Waals surface area contributed by atoms with Gasteiger partial charge in [0.25, 0.3) is 0 Å². The molecule has 0 saturated heterocycles. The van der Waals surface area contributed by atoms with Crippen LogP contribution in [0, 0.1) is 5.82 Å². The fourth-order valence-electron chi connectivity index (χ4n) is 4.10. The number of nitrogens with zero attached hydrogens (tertiary/aromatic N) is 1. The van der Waals surface area contributed by atoms with Crippen LogP contribution in [0.4, 0.5) is 9.18 Å². The predicted octanol–water partition coefficient (Wildman–Crippen LogP) is 5.29. The van der Waals surface area contributed by atoms with Crippen molar-refractivity contribution in [2.24, 2.45) is 0 Å². The third-order valence-corrected chi connectivity index (χ3v) is 5.71. The lowest BCUT2D eigenvalue weighted by molar-refractivity contribution is -0.142. The van der Waals surface area contributed by atoms with E-state index >= 15 is 0 Å². The predicted molar refractivity (Wildman–Crippen MR) is 123 cm³/mol. The van der Waals surface area contributed by atoms with Crippen molar-refractivity contribution < 1.29 is 23.5 Å². The average molecular weight is 448 g/mol. The van der Waals surface area contributed by atoms with Crippen molar-refractivity contribution in [1.29, 1.82) is 0 Å². The molecule has 4 rings (SSSR count). The van der Waals surface area contributed by atoms with E-state index in [4.69, 9.17) is 9.47 Å². The molecular formula is C27H26FNO4. The van der Waals surface area contributed by atoms with Gasteiger partial charge in [-0.05, 0) is 52.8 Å². The van der Waals surface area contributed by atoms with Gasteiger partial charge in [-0.15, -0.1) is 0 Å². The van der Waals surface area contributed by atoms with Gasteiger partial charge in [0.2, 0.25) is 0 Å². The van der Waals surface area contributed by atoms with Gasteiger partial charge in [0, 0.05) is 13.1 Å². The number of ether oxygens (including phenoxy) is 2. The lowest BCUT2D eigenvalue weighted by Gasteiger charge is -2.30. The summed E-state index contributed by atoms with van der Waals surface area (Å²) in [5.74, 6) is -0.558. The molecule has 0 aliphatic carbocycles. The van der Waals surface area contributed by atoms with Crippen LogP contribution in [-0.2, 0) is 40.3 Å². The molecule has 0 radical (unpaired) electrons. The van der Waals surface area contributed by atoms with Crippen molar-refractivity contribution in [1.82, 2.24) is 4.90 Å². The van der Waals surface area contributed by atoms with E-state index < -0.39 is 6.09 Å². The number of fused-ring (bicyclic) bond motifs is 1. The Kier molecular flexibility index (Phi) is 7.03. The van der Waals surface area contributed by atoms with Crippen molar-refractivity contribution in [3.8, 4) is 11.1 Å². The van der Waals surface area contributed by atoms with Crippen molar-refractivity contribution >= 4 is 12.1 Å². The molecule has 0 saturated carbocycles. The highest BCUT2D eigenvalue weighted by Crippen LogP contribution is 2.33. The van der Waals surface area contributed by atoms with Crippen LogP contribution in [-0.4, -0.2) is 30.1 Å². The Balaban J connectivity index is 1.55. The molecular weight excluding hydrogens is 421 g/mol. The van der Waals surface area contributed by atoms with Crippen LogP contribution in [0.3, 0.4) is 0 Å². The molecule has 0 N–H and O–H groups in total. The Morgan fingerprint density at radius 3 is 2.52 bits per heavy atom. The second-order valence-corrected chi connectivity index (χ2v) is 7.95. The average Bonchev–Trinajstić information content (AvgIpc) is 2.83. The van der Waals surface area contributed by atoms with Crippen LogP contribution in [0.15, 0.2) is 66.7 Å². The van der Waals surface area contributed by atoms with Crippen LogP contribution in [0.25, 0.3) is 11.1 Å². The van der Waals surface area contributed by atoms with Crippen molar-refractivity contribution in [2.45, 2.75) is 32.9 Å². The minimum atomic E-state index is -0.421. The summed E-state index contributed by atoms with van der Waals surface area (Å²) < 4.78 is 25.1. The molecule has 6 heteroatoms. The van der Waals surface area contributed by atoms with Gasteiger partial charge in [0.05, 0.1) is 13.0 Å². The van der Waals surface area contributed by atoms with Crippen LogP contribution < -0.4 is 0 Å². The number of esters is 1. The summed E-state index contributed by atoms with van der Waals surface area (Å²) in [4.78, 5) is 26.2. The zero-order chi connectivity index (χ0) is 23.2. The van der Waals surface area contributed by atoms with Gasteiger partial charge in [0.15, 0.2) is 0 Å². The van der Waals surface area contributed by atoms with Gasteiger partial charge in [0.1, 0.15) is 12.4 Å². The van der Waals surface area contributed by atoms with E-state index in [-0.39, 0.29) is 31.4 Å². The molecule has 0 bridgehead atoms. The zero-order valence-electron chi connectivity index (χ0n) is 18.6. The number of hydrogen-bond acceptors (Lipinski definition) is 4. The molecule has 0 atom stereocenters. The topological polar surface area (TPSA) is 55.8 Å². The monoisotopic (exact) mass is 447 g/mol. The SMILES string of the molecule is CCOC(=O)Cc1cccc(-c2ccc(F)c3c2CN(C(=O)OCc2ccccc2)CC3)c1. The Morgan fingerprint density at radius 1 is 0.939 bits per heavy atom. The second kappa shape index (κ2) is 10.3. The van der Waals surface area contributed by atoms with Crippen molar-refractivity contribution in [2.75, 3.05) is 13.2 Å². The van der Waals surface area contributed by atoms with E-state index in [9.17, 15) is 14.0 Å². The quantitative estimate of drug-likeness (QED) is 0.482. The summed E-state index contributed by atoms with van der Waals surface area (Å²) >= 11 is 0. The lowest BCUT2D eigenvalue weighted by atomic mass is 9.90. The van der Waals surface area contributed by atoms with Gasteiger partial charge in [-0.2, -0.15) is 0 Å². The molecule has 0 fully saturated rings. The normalized spacial score (nSPS) is 12.7. The lowest BCUT2D eigenvalue weighted by Crippen LogP contribution is -2.37. The molecule has 0 aromatic heterocycles. The van der Waals surface area contributed by atoms with E-state index in [1.54, 1.807) is 17.9 Å². The first kappa shape index (κ1) is 22.5. The van der Waals surface area contributed by atoms with Gasteiger partial charge >= 0.3 is 12.1 Å². The molecule has 1 aliphatic rings. The van der Waals surface area contributed by atoms with Crippen molar-refractivity contribution in [3.63, 3.8) is 0 Å². The maximum absolute atomic E-state index is 14.6. The highest BCUT2D eigenvalue weighted by atomic mass is 19.1. The molecule has 5 nitrogen and oxygen atoms in total. The molecule has 1 aliphatic heterocycles. The van der Waals surface area contributed by atoms with E-state index in [1.807, 2.05) is 54.6 Å². The van der Waals surface area contributed by atoms with E-state index in [2.05, 4.69) is 0 Å². The maximum atomic E-state index is 14.6. The smallest absolute Gasteiger partial charge is 0.410 e. The van der Waals surface area contributed by atoms with Crippen LogP contribution >= 0.6 is 0 Å². The van der Waals surface area contributed by atoms with Gasteiger partial charge in [-0.3, -0.25) is 4.79 Å². The number of amides is 1. The minimum Gasteiger partial charge on any atom is -0.466 e. The van der Waals surface area contributed by atoms with Crippen LogP contribution in [0.1, 0.15) is 29.2 Å². The fourth-order valence-corrected chi connectivity index (χ4v) is 4.10. The van der Waals surface area contributed by atoms with Gasteiger partial charge in [-0.25, -0.2) is 9.18 Å². The second-order valence-electron chi connectivity index (χ2n) is 7.95. The first-order chi connectivity index (χ1) is 16.0. The number of halogens is 1. The molecule has 0 unspecified atom stereocenters. The molecule has 3 aromatic carbocycles. The Morgan fingerprint density at radius 2 is 1.73 bits per heavy atom. The van der Waals surface area contributed by atoms with E-state index in [0.717, 1.165) is 27.8 Å². The fraction of sp³-hybridized carbons (Fsp3) is 0.259. The largest absolute Gasteiger partial charge is 0.466 e. The number of rotatable bonds is 6. The van der Waals surface area contributed by atoms with Crippen LogP contribution in [0.5, 0.6) is 0 Å². The minimum absolute atomic E-state index is 0.170. The molecule has 33 heavy (non-hydrogen) atoms. The maximum Gasteiger partial charge on any atom is 0.410 e. The van der Waals surface area contributed by atoms with Crippen molar-refractivity contribution in [3.05, 3.63) is 94.8 Å². The Labute approximate surface area is 192 Å². The number of carbonyl (C=O) groups is 2. The number of hydrogen-bond donors (Lipinski definition) is 0. The molecule has 170 valence electrons. The van der Waals surface area contributed by atoms with E-state index in [0.29, 0.717) is 25.1 Å². The summed E-state index contributed by atoms with van der Waals surface area (Å²) in [5, 5.41) is 0. The van der Waals surface area contributed by atoms with E-state index in [1.165, 1.54) is 6.07 Å². The highest BCUT2D eigenvalue weighted by molar-refractivity contribution is 5.76. The molecule has 0 spiro atoms. The van der Waals surface area contributed by atoms with Gasteiger partial charge < -0.3 is 14.4 Å². The highest BCUT2D eigenvalue weighted by Gasteiger charge is 2.26. The summed E-state index contributed by atoms with van der Waals surface area (Å²) in [6, 6.07) is 20.3. The number of carbonyl (C=O) groups excluding carboxylic acids is 2. The Hall–Kier alpha value is -3.67. The summed E-state index contributed by atoms with van der Waals surface area (Å²) in [6.07, 6.45) is 0.164. The molecule has 3 aromatic rings. The van der Waals surface area contributed by atoms with Crippen LogP contribution in [0.2, 0.25) is 0 Å². The first-order valence-electron chi connectivity index (χ1n) is 11.1. The third-order valence-electron chi connectivity index (χ3n) is 5.71. The third kappa shape index (κ3) is 5.40. The zero-order valence-corrected chi connectivity index (χ0v) is 18.6. The standard InChI is InChI=1S/C27H26FNO4/c1-2-32-26(30)16-20-9-6-10-21(15-20)22-11-12-25(28)23-13-14-29(17-24(22)23)27(31)33-18-19-7-4-3-5-8-19/h3-12,15H,2,13-14,16-18H2,1H3. The number of benzene rings is 3. The summed E-state index contributed by atoms with van der Waals surface area (Å²) in [5.41, 5.74) is 4.83. The molecule has 1 amide bonds. The summed E-state index contributed by atoms with van der Waals surface area (Å²) in [6.45, 7) is 2.95. The first-order valence-corrected chi connectivity index (χ1v) is 11.1. The Bertz CT molecular complexity index is 1150.